The van der Waals surface area contributed by atoms with Crippen LogP contribution in [0, 0.1) is 12.8 Å². The Kier molecular flexibility index (Phi) is 4.75. The zero-order valence-electron chi connectivity index (χ0n) is 11.8. The van der Waals surface area contributed by atoms with Gasteiger partial charge in [-0.1, -0.05) is 32.0 Å². The first-order valence-corrected chi connectivity index (χ1v) is 7.51. The van der Waals surface area contributed by atoms with Gasteiger partial charge in [-0.2, -0.15) is 0 Å². The third-order valence-corrected chi connectivity index (χ3v) is 4.12. The van der Waals surface area contributed by atoms with Crippen LogP contribution in [0.1, 0.15) is 50.3 Å². The molecule has 2 rings (SSSR count). The highest BCUT2D eigenvalue weighted by Crippen LogP contribution is 2.25. The number of nitrogens with one attached hydrogen (secondary N) is 1. The molecular formula is C15H23N3S. The molecule has 1 aromatic heterocycles. The quantitative estimate of drug-likeness (QED) is 0.657. The van der Waals surface area contributed by atoms with Gasteiger partial charge in [-0.3, -0.25) is 0 Å². The number of rotatable bonds is 3. The summed E-state index contributed by atoms with van der Waals surface area (Å²) in [5.41, 5.74) is 7.62. The molecule has 2 unspecified atom stereocenters. The number of nitrogens with two attached hydrogens (primary N) is 1. The Morgan fingerprint density at radius 3 is 2.84 bits per heavy atom. The lowest BCUT2D eigenvalue weighted by molar-refractivity contribution is 0.502. The van der Waals surface area contributed by atoms with Crippen molar-refractivity contribution in [2.24, 2.45) is 11.7 Å². The number of hydrogen-bond donors (Lipinski definition) is 2. The first-order valence-electron chi connectivity index (χ1n) is 7.10. The Morgan fingerprint density at radius 1 is 1.32 bits per heavy atom. The summed E-state index contributed by atoms with van der Waals surface area (Å²) < 4.78 is 0. The number of aryl methyl sites for hydroxylation is 1. The molecule has 0 aromatic carbocycles. The normalized spacial score (nSPS) is 23.7. The van der Waals surface area contributed by atoms with Gasteiger partial charge in [-0.15, -0.1) is 0 Å². The Bertz CT molecular complexity index is 459. The van der Waals surface area contributed by atoms with Crippen LogP contribution >= 0.6 is 12.2 Å². The molecule has 2 atom stereocenters. The maximum absolute atomic E-state index is 5.77. The lowest BCUT2D eigenvalue weighted by atomic mass is 10.0. The molecule has 19 heavy (non-hydrogen) atoms. The van der Waals surface area contributed by atoms with E-state index in [1.807, 2.05) is 19.1 Å². The second-order valence-corrected chi connectivity index (χ2v) is 6.11. The minimum atomic E-state index is 0.414. The van der Waals surface area contributed by atoms with Gasteiger partial charge < -0.3 is 11.1 Å². The monoisotopic (exact) mass is 277 g/mol. The summed E-state index contributed by atoms with van der Waals surface area (Å²) >= 11 is 5.10. The van der Waals surface area contributed by atoms with Gasteiger partial charge in [0.15, 0.2) is 0 Å². The van der Waals surface area contributed by atoms with Crippen LogP contribution in [-0.4, -0.2) is 16.0 Å². The predicted molar refractivity (Wildman–Crippen MR) is 84.5 cm³/mol. The van der Waals surface area contributed by atoms with Crippen LogP contribution in [0.2, 0.25) is 0 Å². The fourth-order valence-corrected chi connectivity index (χ4v) is 2.86. The van der Waals surface area contributed by atoms with E-state index in [4.69, 9.17) is 18.0 Å². The first-order chi connectivity index (χ1) is 9.06. The van der Waals surface area contributed by atoms with Crippen LogP contribution in [0.5, 0.6) is 0 Å². The summed E-state index contributed by atoms with van der Waals surface area (Å²) in [5.74, 6) is 1.69. The average Bonchev–Trinajstić information content (AvgIpc) is 2.54. The number of hydrogen-bond acceptors (Lipinski definition) is 3. The Morgan fingerprint density at radius 2 is 2.11 bits per heavy atom. The van der Waals surface area contributed by atoms with E-state index < -0.39 is 0 Å². The molecule has 0 radical (unpaired) electrons. The lowest BCUT2D eigenvalue weighted by Gasteiger charge is -2.19. The highest BCUT2D eigenvalue weighted by molar-refractivity contribution is 7.80. The molecule has 0 aliphatic heterocycles. The number of aromatic nitrogens is 1. The smallest absolute Gasteiger partial charge is 0.136 e. The fourth-order valence-electron chi connectivity index (χ4n) is 2.69. The van der Waals surface area contributed by atoms with Crippen molar-refractivity contribution < 1.29 is 0 Å². The number of anilines is 1. The molecule has 0 saturated heterocycles. The summed E-state index contributed by atoms with van der Waals surface area (Å²) in [6.45, 7) is 4.33. The van der Waals surface area contributed by atoms with Gasteiger partial charge in [0, 0.05) is 11.7 Å². The molecule has 1 heterocycles. The molecule has 0 spiro atoms. The molecular weight excluding hydrogens is 254 g/mol. The molecule has 104 valence electrons. The van der Waals surface area contributed by atoms with Crippen molar-refractivity contribution in [3.63, 3.8) is 0 Å². The minimum absolute atomic E-state index is 0.414. The Balaban J connectivity index is 2.13. The highest BCUT2D eigenvalue weighted by atomic mass is 32.1. The third-order valence-electron chi connectivity index (χ3n) is 3.90. The van der Waals surface area contributed by atoms with Crippen LogP contribution in [-0.2, 0) is 0 Å². The van der Waals surface area contributed by atoms with Gasteiger partial charge in [-0.05, 0) is 44.2 Å². The summed E-state index contributed by atoms with van der Waals surface area (Å²) in [6, 6.07) is 4.41. The average molecular weight is 277 g/mol. The van der Waals surface area contributed by atoms with E-state index in [1.54, 1.807) is 0 Å². The van der Waals surface area contributed by atoms with Crippen LogP contribution in [0.25, 0.3) is 0 Å². The lowest BCUT2D eigenvalue weighted by Crippen LogP contribution is -2.23. The largest absolute Gasteiger partial charge is 0.389 e. The van der Waals surface area contributed by atoms with E-state index in [2.05, 4.69) is 17.2 Å². The molecule has 0 amide bonds. The topological polar surface area (TPSA) is 50.9 Å². The highest BCUT2D eigenvalue weighted by Gasteiger charge is 2.18. The fraction of sp³-hybridized carbons (Fsp3) is 0.600. The van der Waals surface area contributed by atoms with Crippen molar-refractivity contribution in [3.8, 4) is 0 Å². The maximum atomic E-state index is 5.77. The standard InChI is InChI=1S/C15H23N3S/c1-10-4-3-5-12(8-6-10)18-15-13(14(16)19)9-7-11(2)17-15/h7,9-10,12H,3-6,8H2,1-2H3,(H2,16,19)(H,17,18). The Hall–Kier alpha value is -1.16. The van der Waals surface area contributed by atoms with E-state index in [9.17, 15) is 0 Å². The van der Waals surface area contributed by atoms with E-state index in [0.717, 1.165) is 23.0 Å². The van der Waals surface area contributed by atoms with E-state index in [1.165, 1.54) is 32.1 Å². The van der Waals surface area contributed by atoms with Crippen molar-refractivity contribution in [1.82, 2.24) is 4.98 Å². The molecule has 1 aliphatic rings. The summed E-state index contributed by atoms with van der Waals surface area (Å²) in [5, 5.41) is 3.55. The zero-order valence-corrected chi connectivity index (χ0v) is 12.6. The number of pyridine rings is 1. The van der Waals surface area contributed by atoms with Crippen molar-refractivity contribution in [1.29, 1.82) is 0 Å². The van der Waals surface area contributed by atoms with Crippen LogP contribution in [0.4, 0.5) is 5.82 Å². The molecule has 1 fully saturated rings. The first kappa shape index (κ1) is 14.3. The van der Waals surface area contributed by atoms with E-state index in [0.29, 0.717) is 11.0 Å². The molecule has 1 aliphatic carbocycles. The molecule has 3 nitrogen and oxygen atoms in total. The molecule has 1 aromatic rings. The van der Waals surface area contributed by atoms with Gasteiger partial charge in [-0.25, -0.2) is 4.98 Å². The second-order valence-electron chi connectivity index (χ2n) is 5.67. The van der Waals surface area contributed by atoms with E-state index >= 15 is 0 Å². The van der Waals surface area contributed by atoms with Gasteiger partial charge in [0.25, 0.3) is 0 Å². The van der Waals surface area contributed by atoms with Crippen molar-refractivity contribution in [2.75, 3.05) is 5.32 Å². The molecule has 3 N–H and O–H groups in total. The van der Waals surface area contributed by atoms with Crippen molar-refractivity contribution >= 4 is 23.0 Å². The second kappa shape index (κ2) is 6.33. The maximum Gasteiger partial charge on any atom is 0.136 e. The zero-order chi connectivity index (χ0) is 13.8. The van der Waals surface area contributed by atoms with Crippen LogP contribution in [0.15, 0.2) is 12.1 Å². The minimum Gasteiger partial charge on any atom is -0.389 e. The SMILES string of the molecule is Cc1ccc(C(N)=S)c(NC2CCCC(C)CC2)n1. The van der Waals surface area contributed by atoms with Gasteiger partial charge in [0.1, 0.15) is 10.8 Å². The van der Waals surface area contributed by atoms with Crippen LogP contribution in [0.3, 0.4) is 0 Å². The van der Waals surface area contributed by atoms with Crippen LogP contribution < -0.4 is 11.1 Å². The summed E-state index contributed by atoms with van der Waals surface area (Å²) in [6.07, 6.45) is 6.31. The molecule has 0 bridgehead atoms. The number of nitrogens with zero attached hydrogens (tertiary/aromatic N) is 1. The third kappa shape index (κ3) is 3.90. The van der Waals surface area contributed by atoms with Gasteiger partial charge >= 0.3 is 0 Å². The van der Waals surface area contributed by atoms with Gasteiger partial charge in [0.05, 0.1) is 5.56 Å². The van der Waals surface area contributed by atoms with Gasteiger partial charge in [0.2, 0.25) is 0 Å². The summed E-state index contributed by atoms with van der Waals surface area (Å²) in [4.78, 5) is 4.97. The molecule has 4 heteroatoms. The molecule has 1 saturated carbocycles. The summed E-state index contributed by atoms with van der Waals surface area (Å²) in [7, 11) is 0. The number of thiocarbonyl (C=S) groups is 1. The Labute approximate surface area is 121 Å². The van der Waals surface area contributed by atoms with Crippen molar-refractivity contribution in [2.45, 2.75) is 52.0 Å². The van der Waals surface area contributed by atoms with E-state index in [-0.39, 0.29) is 0 Å². The predicted octanol–water partition coefficient (Wildman–Crippen LogP) is 3.40. The van der Waals surface area contributed by atoms with Crippen molar-refractivity contribution in [3.05, 3.63) is 23.4 Å².